The molecule has 0 aromatic rings. The van der Waals surface area contributed by atoms with Crippen molar-refractivity contribution in [2.75, 3.05) is 6.54 Å². The summed E-state index contributed by atoms with van der Waals surface area (Å²) in [6.45, 7) is 2.02. The molecule has 0 bridgehead atoms. The van der Waals surface area contributed by atoms with Gasteiger partial charge in [-0.05, 0) is 25.7 Å². The number of carboxylic acid groups (broad SMARTS) is 1. The smallest absolute Gasteiger partial charge is 0.306 e. The molecule has 0 spiro atoms. The standard InChI is InChI=1S/C13H21F2NO3/c1-9(12(18)19)3-2-8-16-11(17)10-4-6-13(14,15)7-5-10/h9-10H,2-8H2,1H3,(H,16,17)(H,18,19). The number of halogens is 2. The van der Waals surface area contributed by atoms with Crippen LogP contribution in [0.15, 0.2) is 0 Å². The first-order chi connectivity index (χ1) is 8.82. The second-order valence-corrected chi connectivity index (χ2v) is 5.30. The van der Waals surface area contributed by atoms with Crippen molar-refractivity contribution >= 4 is 11.9 Å². The van der Waals surface area contributed by atoms with Gasteiger partial charge in [-0.2, -0.15) is 0 Å². The molecular weight excluding hydrogens is 256 g/mol. The number of carboxylic acids is 1. The lowest BCUT2D eigenvalue weighted by atomic mass is 9.86. The van der Waals surface area contributed by atoms with E-state index in [2.05, 4.69) is 5.32 Å². The molecule has 19 heavy (non-hydrogen) atoms. The van der Waals surface area contributed by atoms with Gasteiger partial charge in [0, 0.05) is 25.3 Å². The third kappa shape index (κ3) is 5.53. The van der Waals surface area contributed by atoms with Crippen LogP contribution >= 0.6 is 0 Å². The van der Waals surface area contributed by atoms with E-state index in [1.54, 1.807) is 6.92 Å². The lowest BCUT2D eigenvalue weighted by Crippen LogP contribution is -2.36. The molecule has 1 aliphatic rings. The van der Waals surface area contributed by atoms with Crippen molar-refractivity contribution < 1.29 is 23.5 Å². The Morgan fingerprint density at radius 3 is 2.47 bits per heavy atom. The van der Waals surface area contributed by atoms with E-state index in [-0.39, 0.29) is 37.5 Å². The molecule has 1 amide bonds. The Kier molecular flexibility index (Phi) is 5.69. The van der Waals surface area contributed by atoms with E-state index < -0.39 is 17.8 Å². The largest absolute Gasteiger partial charge is 0.481 e. The minimum absolute atomic E-state index is 0.182. The molecule has 110 valence electrons. The van der Waals surface area contributed by atoms with E-state index in [0.717, 1.165) is 0 Å². The monoisotopic (exact) mass is 277 g/mol. The molecule has 1 atom stereocenters. The van der Waals surface area contributed by atoms with Crippen LogP contribution in [0.1, 0.15) is 45.4 Å². The Morgan fingerprint density at radius 2 is 1.95 bits per heavy atom. The number of carbonyl (C=O) groups excluding carboxylic acids is 1. The van der Waals surface area contributed by atoms with Crippen LogP contribution in [0.2, 0.25) is 0 Å². The molecule has 6 heteroatoms. The summed E-state index contributed by atoms with van der Waals surface area (Å²) in [7, 11) is 0. The van der Waals surface area contributed by atoms with Crippen molar-refractivity contribution in [1.29, 1.82) is 0 Å². The maximum absolute atomic E-state index is 12.9. The molecule has 0 radical (unpaired) electrons. The SMILES string of the molecule is CC(CCCNC(=O)C1CCC(F)(F)CC1)C(=O)O. The predicted octanol–water partition coefficient (Wildman–Crippen LogP) is 2.43. The van der Waals surface area contributed by atoms with Crippen molar-refractivity contribution in [3.8, 4) is 0 Å². The zero-order valence-corrected chi connectivity index (χ0v) is 11.1. The second-order valence-electron chi connectivity index (χ2n) is 5.30. The quantitative estimate of drug-likeness (QED) is 0.733. The Bertz CT molecular complexity index is 324. The fourth-order valence-corrected chi connectivity index (χ4v) is 2.19. The van der Waals surface area contributed by atoms with E-state index in [1.165, 1.54) is 0 Å². The molecule has 1 saturated carbocycles. The summed E-state index contributed by atoms with van der Waals surface area (Å²) < 4.78 is 25.8. The summed E-state index contributed by atoms with van der Waals surface area (Å²) in [6, 6.07) is 0. The first-order valence-electron chi connectivity index (χ1n) is 6.70. The molecule has 0 aliphatic heterocycles. The fraction of sp³-hybridized carbons (Fsp3) is 0.846. The van der Waals surface area contributed by atoms with Crippen molar-refractivity contribution in [3.63, 3.8) is 0 Å². The second kappa shape index (κ2) is 6.82. The Morgan fingerprint density at radius 1 is 1.37 bits per heavy atom. The van der Waals surface area contributed by atoms with E-state index in [1.807, 2.05) is 0 Å². The highest BCUT2D eigenvalue weighted by Gasteiger charge is 2.37. The van der Waals surface area contributed by atoms with Gasteiger partial charge in [0.2, 0.25) is 11.8 Å². The normalized spacial score (nSPS) is 20.8. The van der Waals surface area contributed by atoms with Gasteiger partial charge in [-0.3, -0.25) is 9.59 Å². The van der Waals surface area contributed by atoms with Crippen LogP contribution < -0.4 is 5.32 Å². The van der Waals surface area contributed by atoms with Gasteiger partial charge in [-0.15, -0.1) is 0 Å². The van der Waals surface area contributed by atoms with Crippen LogP contribution in [0.25, 0.3) is 0 Å². The number of nitrogens with one attached hydrogen (secondary N) is 1. The molecule has 0 aromatic carbocycles. The average Bonchev–Trinajstić information content (AvgIpc) is 2.33. The zero-order chi connectivity index (χ0) is 14.5. The summed E-state index contributed by atoms with van der Waals surface area (Å²) >= 11 is 0. The molecule has 1 unspecified atom stereocenters. The minimum Gasteiger partial charge on any atom is -0.481 e. The van der Waals surface area contributed by atoms with Crippen LogP contribution in [-0.2, 0) is 9.59 Å². The highest BCUT2D eigenvalue weighted by Crippen LogP contribution is 2.36. The highest BCUT2D eigenvalue weighted by atomic mass is 19.3. The Labute approximate surface area is 111 Å². The molecule has 1 fully saturated rings. The number of amides is 1. The number of carbonyl (C=O) groups is 2. The molecule has 0 aromatic heterocycles. The predicted molar refractivity (Wildman–Crippen MR) is 65.9 cm³/mol. The minimum atomic E-state index is -2.62. The van der Waals surface area contributed by atoms with Gasteiger partial charge in [-0.25, -0.2) is 8.78 Å². The van der Waals surface area contributed by atoms with Gasteiger partial charge >= 0.3 is 5.97 Å². The number of aliphatic carboxylic acids is 1. The van der Waals surface area contributed by atoms with Gasteiger partial charge in [0.05, 0.1) is 5.92 Å². The summed E-state index contributed by atoms with van der Waals surface area (Å²) in [5, 5.41) is 11.4. The molecule has 2 N–H and O–H groups in total. The molecule has 0 heterocycles. The fourth-order valence-electron chi connectivity index (χ4n) is 2.19. The van der Waals surface area contributed by atoms with Gasteiger partial charge < -0.3 is 10.4 Å². The van der Waals surface area contributed by atoms with Crippen LogP contribution in [0.3, 0.4) is 0 Å². The summed E-state index contributed by atoms with van der Waals surface area (Å²) in [6.07, 6.45) is 1.09. The van der Waals surface area contributed by atoms with Gasteiger partial charge in [-0.1, -0.05) is 6.92 Å². The van der Waals surface area contributed by atoms with Crippen molar-refractivity contribution in [1.82, 2.24) is 5.32 Å². The first-order valence-corrected chi connectivity index (χ1v) is 6.70. The van der Waals surface area contributed by atoms with Crippen molar-refractivity contribution in [2.24, 2.45) is 11.8 Å². The molecular formula is C13H21F2NO3. The lowest BCUT2D eigenvalue weighted by Gasteiger charge is -2.27. The van der Waals surface area contributed by atoms with Crippen LogP contribution in [0.5, 0.6) is 0 Å². The molecule has 1 aliphatic carbocycles. The average molecular weight is 277 g/mol. The molecule has 0 saturated heterocycles. The molecule has 4 nitrogen and oxygen atoms in total. The topological polar surface area (TPSA) is 66.4 Å². The Balaban J connectivity index is 2.17. The lowest BCUT2D eigenvalue weighted by molar-refractivity contribution is -0.141. The zero-order valence-electron chi connectivity index (χ0n) is 11.1. The highest BCUT2D eigenvalue weighted by molar-refractivity contribution is 5.78. The van der Waals surface area contributed by atoms with E-state index in [4.69, 9.17) is 5.11 Å². The van der Waals surface area contributed by atoms with Crippen LogP contribution in [0, 0.1) is 11.8 Å². The maximum atomic E-state index is 12.9. The molecule has 1 rings (SSSR count). The van der Waals surface area contributed by atoms with E-state index >= 15 is 0 Å². The van der Waals surface area contributed by atoms with Crippen LogP contribution in [-0.4, -0.2) is 29.5 Å². The van der Waals surface area contributed by atoms with Crippen LogP contribution in [0.4, 0.5) is 8.78 Å². The Hall–Kier alpha value is -1.20. The number of rotatable bonds is 6. The number of hydrogen-bond donors (Lipinski definition) is 2. The first kappa shape index (κ1) is 15.9. The number of alkyl halides is 2. The maximum Gasteiger partial charge on any atom is 0.306 e. The van der Waals surface area contributed by atoms with Crippen molar-refractivity contribution in [3.05, 3.63) is 0 Å². The summed E-state index contributed by atoms with van der Waals surface area (Å²) in [5.41, 5.74) is 0. The third-order valence-corrected chi connectivity index (χ3v) is 3.62. The number of hydrogen-bond acceptors (Lipinski definition) is 2. The van der Waals surface area contributed by atoms with Gasteiger partial charge in [0.25, 0.3) is 0 Å². The van der Waals surface area contributed by atoms with Gasteiger partial charge in [0.1, 0.15) is 0 Å². The van der Waals surface area contributed by atoms with Crippen molar-refractivity contribution in [2.45, 2.75) is 51.4 Å². The summed E-state index contributed by atoms with van der Waals surface area (Å²) in [4.78, 5) is 22.3. The van der Waals surface area contributed by atoms with Gasteiger partial charge in [0.15, 0.2) is 0 Å². The van der Waals surface area contributed by atoms with E-state index in [9.17, 15) is 18.4 Å². The van der Waals surface area contributed by atoms with E-state index in [0.29, 0.717) is 19.4 Å². The summed E-state index contributed by atoms with van der Waals surface area (Å²) in [5.74, 6) is -4.39. The third-order valence-electron chi connectivity index (χ3n) is 3.62.